The Morgan fingerprint density at radius 2 is 1.24 bits per heavy atom. The fraction of sp³-hybridized carbons (Fsp3) is 0.867. The van der Waals surface area contributed by atoms with E-state index in [9.17, 15) is 9.59 Å². The van der Waals surface area contributed by atoms with Gasteiger partial charge in [-0.2, -0.15) is 0 Å². The summed E-state index contributed by atoms with van der Waals surface area (Å²) in [5, 5.41) is 8.87. The molecule has 2 unspecified atom stereocenters. The third-order valence-electron chi connectivity index (χ3n) is 6.75. The van der Waals surface area contributed by atoms with Crippen molar-refractivity contribution in [3.05, 3.63) is 12.2 Å². The SMILES string of the molecule is COC(=O)CCCCCCOCC(COCCCCCCCC/C=C\CCCCC(C)C(=O)O)N(C)C. The van der Waals surface area contributed by atoms with Gasteiger partial charge in [-0.25, -0.2) is 0 Å². The van der Waals surface area contributed by atoms with Gasteiger partial charge in [0.25, 0.3) is 0 Å². The van der Waals surface area contributed by atoms with Crippen LogP contribution in [0.15, 0.2) is 12.2 Å². The van der Waals surface area contributed by atoms with Gasteiger partial charge >= 0.3 is 11.9 Å². The molecule has 7 nitrogen and oxygen atoms in total. The fourth-order valence-electron chi connectivity index (χ4n) is 3.96. The topological polar surface area (TPSA) is 85.3 Å². The first-order valence-corrected chi connectivity index (χ1v) is 14.6. The van der Waals surface area contributed by atoms with Crippen LogP contribution in [0.2, 0.25) is 0 Å². The van der Waals surface area contributed by atoms with E-state index in [1.54, 1.807) is 6.92 Å². The second-order valence-corrected chi connectivity index (χ2v) is 10.4. The number of nitrogens with zero attached hydrogens (tertiary/aromatic N) is 1. The number of methoxy groups -OCH3 is 1. The summed E-state index contributed by atoms with van der Waals surface area (Å²) in [4.78, 5) is 24.0. The predicted octanol–water partition coefficient (Wildman–Crippen LogP) is 6.64. The molecular weight excluding hydrogens is 470 g/mol. The molecule has 0 aromatic heterocycles. The van der Waals surface area contributed by atoms with Crippen LogP contribution in [0.5, 0.6) is 0 Å². The van der Waals surface area contributed by atoms with Gasteiger partial charge in [-0.15, -0.1) is 0 Å². The van der Waals surface area contributed by atoms with E-state index in [0.29, 0.717) is 19.6 Å². The van der Waals surface area contributed by atoms with Crippen LogP contribution in [-0.4, -0.2) is 75.6 Å². The van der Waals surface area contributed by atoms with Crippen LogP contribution in [0.4, 0.5) is 0 Å². The van der Waals surface area contributed by atoms with Crippen LogP contribution in [-0.2, 0) is 23.8 Å². The minimum absolute atomic E-state index is 0.125. The van der Waals surface area contributed by atoms with Gasteiger partial charge in [0.2, 0.25) is 0 Å². The molecule has 218 valence electrons. The molecule has 0 bridgehead atoms. The number of likely N-dealkylation sites (N-methyl/N-ethyl adjacent to an activating group) is 1. The van der Waals surface area contributed by atoms with Crippen LogP contribution in [0.1, 0.15) is 110 Å². The maximum atomic E-state index is 11.1. The number of hydrogen-bond donors (Lipinski definition) is 1. The lowest BCUT2D eigenvalue weighted by atomic mass is 10.0. The molecule has 37 heavy (non-hydrogen) atoms. The number of unbranched alkanes of at least 4 members (excludes halogenated alkanes) is 11. The molecule has 0 amide bonds. The molecule has 0 saturated carbocycles. The molecule has 0 aliphatic carbocycles. The van der Waals surface area contributed by atoms with Crippen molar-refractivity contribution < 1.29 is 28.9 Å². The minimum Gasteiger partial charge on any atom is -0.481 e. The first-order valence-electron chi connectivity index (χ1n) is 14.6. The third kappa shape index (κ3) is 24.6. The minimum atomic E-state index is -0.684. The third-order valence-corrected chi connectivity index (χ3v) is 6.75. The summed E-state index contributed by atoms with van der Waals surface area (Å²) in [5.41, 5.74) is 0. The Labute approximate surface area is 227 Å². The van der Waals surface area contributed by atoms with Crippen molar-refractivity contribution in [1.82, 2.24) is 4.90 Å². The van der Waals surface area contributed by atoms with Gasteiger partial charge in [-0.1, -0.05) is 64.0 Å². The molecule has 0 saturated heterocycles. The predicted molar refractivity (Wildman–Crippen MR) is 151 cm³/mol. The van der Waals surface area contributed by atoms with Gasteiger partial charge in [0.1, 0.15) is 0 Å². The van der Waals surface area contributed by atoms with E-state index in [2.05, 4.69) is 35.9 Å². The molecule has 7 heteroatoms. The molecule has 2 atom stereocenters. The number of ether oxygens (including phenoxy) is 3. The molecular formula is C30H57NO6. The van der Waals surface area contributed by atoms with E-state index < -0.39 is 5.97 Å². The first-order chi connectivity index (χ1) is 17.9. The number of carbonyl (C=O) groups excluding carboxylic acids is 1. The maximum Gasteiger partial charge on any atom is 0.306 e. The largest absolute Gasteiger partial charge is 0.481 e. The zero-order valence-electron chi connectivity index (χ0n) is 24.4. The number of carboxylic acid groups (broad SMARTS) is 1. The first kappa shape index (κ1) is 35.6. The van der Waals surface area contributed by atoms with E-state index in [4.69, 9.17) is 14.6 Å². The van der Waals surface area contributed by atoms with E-state index in [1.165, 1.54) is 39.2 Å². The highest BCUT2D eigenvalue weighted by Gasteiger charge is 2.12. The lowest BCUT2D eigenvalue weighted by Crippen LogP contribution is -2.37. The molecule has 0 aromatic carbocycles. The smallest absolute Gasteiger partial charge is 0.306 e. The average Bonchev–Trinajstić information content (AvgIpc) is 2.87. The molecule has 0 aliphatic rings. The summed E-state index contributed by atoms with van der Waals surface area (Å²) in [6, 6.07) is 0.278. The van der Waals surface area contributed by atoms with Crippen LogP contribution in [0.25, 0.3) is 0 Å². The van der Waals surface area contributed by atoms with Crippen LogP contribution in [0, 0.1) is 5.92 Å². The quantitative estimate of drug-likeness (QED) is 0.0728. The van der Waals surface area contributed by atoms with Crippen molar-refractivity contribution in [2.45, 2.75) is 116 Å². The van der Waals surface area contributed by atoms with Gasteiger partial charge in [0, 0.05) is 19.6 Å². The Balaban J connectivity index is 3.49. The number of rotatable bonds is 27. The summed E-state index contributed by atoms with van der Waals surface area (Å²) in [5.74, 6) is -1.03. The Morgan fingerprint density at radius 1 is 0.757 bits per heavy atom. The molecule has 0 spiro atoms. The van der Waals surface area contributed by atoms with Crippen molar-refractivity contribution in [1.29, 1.82) is 0 Å². The zero-order chi connectivity index (χ0) is 27.6. The van der Waals surface area contributed by atoms with E-state index in [1.807, 2.05) is 0 Å². The number of hydrogen-bond acceptors (Lipinski definition) is 6. The van der Waals surface area contributed by atoms with Gasteiger partial charge < -0.3 is 24.2 Å². The van der Waals surface area contributed by atoms with Crippen molar-refractivity contribution in [3.8, 4) is 0 Å². The Morgan fingerprint density at radius 3 is 1.76 bits per heavy atom. The summed E-state index contributed by atoms with van der Waals surface area (Å²) in [6.45, 7) is 4.75. The fourth-order valence-corrected chi connectivity index (χ4v) is 3.96. The number of esters is 1. The van der Waals surface area contributed by atoms with Gasteiger partial charge in [0.05, 0.1) is 32.3 Å². The molecule has 0 aliphatic heterocycles. The molecule has 1 N–H and O–H groups in total. The van der Waals surface area contributed by atoms with Crippen molar-refractivity contribution in [2.24, 2.45) is 5.92 Å². The summed E-state index contributed by atoms with van der Waals surface area (Å²) in [7, 11) is 5.58. The molecule has 0 rings (SSSR count). The second kappa shape index (κ2) is 26.2. The van der Waals surface area contributed by atoms with E-state index in [0.717, 1.165) is 77.4 Å². The van der Waals surface area contributed by atoms with Crippen molar-refractivity contribution in [2.75, 3.05) is 47.6 Å². The van der Waals surface area contributed by atoms with Gasteiger partial charge in [-0.3, -0.25) is 9.59 Å². The van der Waals surface area contributed by atoms with Gasteiger partial charge in [-0.05, 0) is 65.5 Å². The standard InChI is InChI=1S/C30H57NO6/c1-27(30(33)34)21-17-13-11-9-7-5-6-8-10-12-15-19-23-36-25-28(31(2)3)26-37-24-20-16-14-18-22-29(32)35-4/h7,9,27-28H,5-6,8,10-26H2,1-4H3,(H,33,34)/b9-7-. The Kier molecular flexibility index (Phi) is 25.2. The average molecular weight is 528 g/mol. The number of allylic oxidation sites excluding steroid dienone is 2. The summed E-state index contributed by atoms with van der Waals surface area (Å²) >= 11 is 0. The molecule has 0 aromatic rings. The molecule has 0 heterocycles. The van der Waals surface area contributed by atoms with Crippen LogP contribution >= 0.6 is 0 Å². The monoisotopic (exact) mass is 527 g/mol. The highest BCUT2D eigenvalue weighted by molar-refractivity contribution is 5.69. The van der Waals surface area contributed by atoms with E-state index >= 15 is 0 Å². The molecule has 0 radical (unpaired) electrons. The summed E-state index contributed by atoms with van der Waals surface area (Å²) < 4.78 is 16.4. The van der Waals surface area contributed by atoms with E-state index in [-0.39, 0.29) is 17.9 Å². The Bertz CT molecular complexity index is 566. The maximum absolute atomic E-state index is 11.1. The van der Waals surface area contributed by atoms with Crippen molar-refractivity contribution >= 4 is 11.9 Å². The zero-order valence-corrected chi connectivity index (χ0v) is 24.4. The van der Waals surface area contributed by atoms with Gasteiger partial charge in [0.15, 0.2) is 0 Å². The lowest BCUT2D eigenvalue weighted by Gasteiger charge is -2.24. The number of carbonyl (C=O) groups is 2. The highest BCUT2D eigenvalue weighted by Crippen LogP contribution is 2.11. The lowest BCUT2D eigenvalue weighted by molar-refractivity contribution is -0.142. The Hall–Kier alpha value is -1.44. The normalized spacial score (nSPS) is 13.3. The van der Waals surface area contributed by atoms with Crippen LogP contribution < -0.4 is 0 Å². The summed E-state index contributed by atoms with van der Waals surface area (Å²) in [6.07, 6.45) is 21.6. The molecule has 0 fully saturated rings. The second-order valence-electron chi connectivity index (χ2n) is 10.4. The number of carboxylic acids is 1. The van der Waals surface area contributed by atoms with Crippen molar-refractivity contribution in [3.63, 3.8) is 0 Å². The van der Waals surface area contributed by atoms with Crippen LogP contribution in [0.3, 0.4) is 0 Å². The number of aliphatic carboxylic acids is 1. The highest BCUT2D eigenvalue weighted by atomic mass is 16.5.